The molecule has 1 aliphatic heterocycles. The monoisotopic (exact) mass is 542 g/mol. The Bertz CT molecular complexity index is 1340. The van der Waals surface area contributed by atoms with Gasteiger partial charge >= 0.3 is 6.03 Å². The summed E-state index contributed by atoms with van der Waals surface area (Å²) < 4.78 is 38.2. The number of urea groups is 1. The third-order valence-corrected chi connectivity index (χ3v) is 6.73. The van der Waals surface area contributed by atoms with Crippen molar-refractivity contribution >= 4 is 32.7 Å². The van der Waals surface area contributed by atoms with Gasteiger partial charge in [-0.25, -0.2) is 14.8 Å². The Kier molecular flexibility index (Phi) is 9.01. The van der Waals surface area contributed by atoms with Crippen molar-refractivity contribution in [2.24, 2.45) is 0 Å². The lowest BCUT2D eigenvalue weighted by Crippen LogP contribution is -2.40. The number of piperidine rings is 1. The number of amides is 2. The molecule has 1 N–H and O–H groups in total. The largest absolute Gasteiger partial charge is 0.493 e. The molecule has 0 saturated carbocycles. The van der Waals surface area contributed by atoms with Gasteiger partial charge in [-0.1, -0.05) is 0 Å². The van der Waals surface area contributed by atoms with E-state index >= 15 is 0 Å². The van der Waals surface area contributed by atoms with Crippen molar-refractivity contribution in [3.05, 3.63) is 54.5 Å². The van der Waals surface area contributed by atoms with Gasteiger partial charge in [0.2, 0.25) is 0 Å². The Morgan fingerprint density at radius 1 is 1.05 bits per heavy atom. The van der Waals surface area contributed by atoms with Crippen molar-refractivity contribution in [1.82, 2.24) is 14.9 Å². The molecule has 3 aromatic rings. The molecule has 1 saturated heterocycles. The maximum absolute atomic E-state index is 12.8. The Morgan fingerprint density at radius 3 is 2.45 bits per heavy atom. The highest BCUT2D eigenvalue weighted by Crippen LogP contribution is 2.32. The number of hydrogen-bond donors (Lipinski definition) is 1. The first-order chi connectivity index (χ1) is 18.2. The van der Waals surface area contributed by atoms with E-state index in [1.54, 1.807) is 6.33 Å². The van der Waals surface area contributed by atoms with Crippen LogP contribution in [0.25, 0.3) is 10.9 Å². The second-order valence-electron chi connectivity index (χ2n) is 9.55. The zero-order valence-corrected chi connectivity index (χ0v) is 22.7. The number of anilines is 1. The van der Waals surface area contributed by atoms with E-state index in [2.05, 4.69) is 15.3 Å². The van der Waals surface area contributed by atoms with Gasteiger partial charge in [0.15, 0.2) is 0 Å². The molecule has 0 radical (unpaired) electrons. The maximum atomic E-state index is 12.8. The Labute approximate surface area is 223 Å². The number of rotatable bonds is 10. The fraction of sp³-hybridized carbons (Fsp3) is 0.444. The van der Waals surface area contributed by atoms with Gasteiger partial charge in [0.1, 0.15) is 17.8 Å². The number of fused-ring (bicyclic) bond motifs is 1. The standard InChI is InChI=1S/C27H34N4O6S/c1-19(2)37-22-7-5-21(6-8-22)30-27(32)31-13-11-20(12-14-31)26-24-10-9-23(17-25(24)28-18-29-26)35-15-4-16-36-38(3,33)34/h5-10,17-20H,4,11-16H2,1-3H3,(H,30,32). The molecule has 11 heteroatoms. The van der Waals surface area contributed by atoms with Crippen LogP contribution in [0, 0.1) is 0 Å². The number of carbonyl (C=O) groups is 1. The number of ether oxygens (including phenoxy) is 2. The fourth-order valence-corrected chi connectivity index (χ4v) is 4.80. The highest BCUT2D eigenvalue weighted by Gasteiger charge is 2.26. The van der Waals surface area contributed by atoms with Crippen molar-refractivity contribution in [2.45, 2.75) is 45.1 Å². The van der Waals surface area contributed by atoms with E-state index < -0.39 is 10.1 Å². The number of aromatic nitrogens is 2. The quantitative estimate of drug-likeness (QED) is 0.292. The Balaban J connectivity index is 1.30. The number of likely N-dealkylation sites (tertiary alicyclic amines) is 1. The highest BCUT2D eigenvalue weighted by molar-refractivity contribution is 7.85. The van der Waals surface area contributed by atoms with Gasteiger partial charge in [-0.3, -0.25) is 4.18 Å². The van der Waals surface area contributed by atoms with E-state index in [4.69, 9.17) is 13.7 Å². The number of nitrogens with one attached hydrogen (secondary N) is 1. The minimum absolute atomic E-state index is 0.0784. The third kappa shape index (κ3) is 7.78. The van der Waals surface area contributed by atoms with Gasteiger partial charge < -0.3 is 19.7 Å². The third-order valence-electron chi connectivity index (χ3n) is 6.14. The van der Waals surface area contributed by atoms with Crippen LogP contribution >= 0.6 is 0 Å². The van der Waals surface area contributed by atoms with E-state index in [-0.39, 0.29) is 24.7 Å². The van der Waals surface area contributed by atoms with Crippen LogP contribution in [0.2, 0.25) is 0 Å². The molecule has 4 rings (SSSR count). The summed E-state index contributed by atoms with van der Waals surface area (Å²) in [6, 6.07) is 13.0. The second kappa shape index (κ2) is 12.4. The van der Waals surface area contributed by atoms with Crippen molar-refractivity contribution in [3.8, 4) is 11.5 Å². The van der Waals surface area contributed by atoms with Crippen molar-refractivity contribution in [3.63, 3.8) is 0 Å². The molecule has 1 fully saturated rings. The number of nitrogens with zero attached hydrogens (tertiary/aromatic N) is 3. The van der Waals surface area contributed by atoms with Gasteiger partial charge in [0.05, 0.1) is 36.8 Å². The summed E-state index contributed by atoms with van der Waals surface area (Å²) in [7, 11) is -3.44. The van der Waals surface area contributed by atoms with Crippen LogP contribution in [0.3, 0.4) is 0 Å². The summed E-state index contributed by atoms with van der Waals surface area (Å²) in [5, 5.41) is 3.93. The summed E-state index contributed by atoms with van der Waals surface area (Å²) in [4.78, 5) is 23.6. The maximum Gasteiger partial charge on any atom is 0.321 e. The topological polar surface area (TPSA) is 120 Å². The second-order valence-corrected chi connectivity index (χ2v) is 11.2. The molecule has 2 aromatic carbocycles. The number of carbonyl (C=O) groups excluding carboxylic acids is 1. The van der Waals surface area contributed by atoms with Crippen LogP contribution < -0.4 is 14.8 Å². The molecular weight excluding hydrogens is 508 g/mol. The molecule has 38 heavy (non-hydrogen) atoms. The Morgan fingerprint density at radius 2 is 1.76 bits per heavy atom. The predicted molar refractivity (Wildman–Crippen MR) is 145 cm³/mol. The molecule has 1 aliphatic rings. The Hall–Kier alpha value is -3.44. The lowest BCUT2D eigenvalue weighted by molar-refractivity contribution is 0.194. The normalized spacial score (nSPS) is 14.6. The molecule has 0 atom stereocenters. The first-order valence-corrected chi connectivity index (χ1v) is 14.5. The summed E-state index contributed by atoms with van der Waals surface area (Å²) in [5.41, 5.74) is 2.49. The predicted octanol–water partition coefficient (Wildman–Crippen LogP) is 4.57. The highest BCUT2D eigenvalue weighted by atomic mass is 32.2. The lowest BCUT2D eigenvalue weighted by Gasteiger charge is -2.32. The minimum atomic E-state index is -3.44. The summed E-state index contributed by atoms with van der Waals surface area (Å²) >= 11 is 0. The van der Waals surface area contributed by atoms with Crippen LogP contribution in [0.5, 0.6) is 11.5 Å². The average molecular weight is 543 g/mol. The van der Waals surface area contributed by atoms with Crippen molar-refractivity contribution in [2.75, 3.05) is 37.9 Å². The van der Waals surface area contributed by atoms with Crippen LogP contribution in [-0.2, 0) is 14.3 Å². The van der Waals surface area contributed by atoms with Gasteiger partial charge in [-0.2, -0.15) is 8.42 Å². The summed E-state index contributed by atoms with van der Waals surface area (Å²) in [6.07, 6.45) is 4.74. The van der Waals surface area contributed by atoms with E-state index in [0.717, 1.165) is 47.1 Å². The zero-order chi connectivity index (χ0) is 27.1. The molecule has 204 valence electrons. The number of hydrogen-bond acceptors (Lipinski definition) is 8. The molecule has 2 amide bonds. The van der Waals surface area contributed by atoms with E-state index in [9.17, 15) is 13.2 Å². The molecule has 0 bridgehead atoms. The molecular formula is C27H34N4O6S. The SMILES string of the molecule is CC(C)Oc1ccc(NC(=O)N2CCC(c3ncnc4cc(OCCCOS(C)(=O)=O)ccc34)CC2)cc1. The first kappa shape index (κ1) is 27.6. The molecule has 10 nitrogen and oxygen atoms in total. The van der Waals surface area contributed by atoms with Crippen molar-refractivity contribution < 1.29 is 26.9 Å². The van der Waals surface area contributed by atoms with Crippen molar-refractivity contribution in [1.29, 1.82) is 0 Å². The van der Waals surface area contributed by atoms with Crippen LogP contribution in [-0.4, -0.2) is 68.0 Å². The van der Waals surface area contributed by atoms with Crippen LogP contribution in [0.4, 0.5) is 10.5 Å². The van der Waals surface area contributed by atoms with E-state index in [1.807, 2.05) is 61.2 Å². The lowest BCUT2D eigenvalue weighted by atomic mass is 9.91. The van der Waals surface area contributed by atoms with E-state index in [0.29, 0.717) is 31.9 Å². The molecule has 0 spiro atoms. The first-order valence-electron chi connectivity index (χ1n) is 12.7. The van der Waals surface area contributed by atoms with Gasteiger partial charge in [-0.15, -0.1) is 0 Å². The van der Waals surface area contributed by atoms with Gasteiger partial charge in [0.25, 0.3) is 10.1 Å². The van der Waals surface area contributed by atoms with Crippen LogP contribution in [0.15, 0.2) is 48.8 Å². The van der Waals surface area contributed by atoms with Crippen LogP contribution in [0.1, 0.15) is 44.7 Å². The molecule has 0 aliphatic carbocycles. The summed E-state index contributed by atoms with van der Waals surface area (Å²) in [6.45, 7) is 5.62. The average Bonchev–Trinajstić information content (AvgIpc) is 2.88. The minimum Gasteiger partial charge on any atom is -0.493 e. The smallest absolute Gasteiger partial charge is 0.321 e. The van der Waals surface area contributed by atoms with Gasteiger partial charge in [-0.05, 0) is 63.1 Å². The van der Waals surface area contributed by atoms with Gasteiger partial charge in [0, 0.05) is 42.6 Å². The number of benzene rings is 2. The molecule has 2 heterocycles. The summed E-state index contributed by atoms with van der Waals surface area (Å²) in [5.74, 6) is 1.64. The van der Waals surface area contributed by atoms with E-state index in [1.165, 1.54) is 0 Å². The zero-order valence-electron chi connectivity index (χ0n) is 21.9. The molecule has 0 unspecified atom stereocenters. The molecule has 1 aromatic heterocycles. The fourth-order valence-electron chi connectivity index (χ4n) is 4.38.